The highest BCUT2D eigenvalue weighted by atomic mass is 79.9. The molecule has 3 atom stereocenters. The molecule has 0 bridgehead atoms. The fourth-order valence-electron chi connectivity index (χ4n) is 3.87. The van der Waals surface area contributed by atoms with E-state index in [0.717, 1.165) is 22.1 Å². The third-order valence-corrected chi connectivity index (χ3v) is 6.48. The van der Waals surface area contributed by atoms with E-state index in [0.29, 0.717) is 12.3 Å². The van der Waals surface area contributed by atoms with E-state index in [1.54, 1.807) is 0 Å². The highest BCUT2D eigenvalue weighted by molar-refractivity contribution is 9.10. The van der Waals surface area contributed by atoms with Crippen LogP contribution in [0.3, 0.4) is 0 Å². The molecule has 2 aromatic rings. The minimum Gasteiger partial charge on any atom is -0.444 e. The molecule has 3 heterocycles. The lowest BCUT2D eigenvalue weighted by Gasteiger charge is -2.37. The average molecular weight is 470 g/mol. The second kappa shape index (κ2) is 7.44. The largest absolute Gasteiger partial charge is 0.444 e. The molecule has 2 aliphatic heterocycles. The first-order valence-electron chi connectivity index (χ1n) is 9.25. The van der Waals surface area contributed by atoms with Gasteiger partial charge in [-0.3, -0.25) is 9.05 Å². The van der Waals surface area contributed by atoms with Gasteiger partial charge in [0.2, 0.25) is 0 Å². The van der Waals surface area contributed by atoms with Crippen LogP contribution in [0.5, 0.6) is 0 Å². The summed E-state index contributed by atoms with van der Waals surface area (Å²) < 4.78 is 18.8. The number of aromatic nitrogens is 1. The number of hydroxylamine groups is 2. The summed E-state index contributed by atoms with van der Waals surface area (Å²) >= 11 is 3.52. The van der Waals surface area contributed by atoms with Crippen molar-refractivity contribution in [2.24, 2.45) is 0 Å². The molecule has 1 aromatic heterocycles. The molecule has 1 unspecified atom stereocenters. The second-order valence-corrected chi connectivity index (χ2v) is 10.5. The quantitative estimate of drug-likeness (QED) is 0.668. The Labute approximate surface area is 174 Å². The van der Waals surface area contributed by atoms with Crippen molar-refractivity contribution in [3.05, 3.63) is 33.9 Å². The van der Waals surface area contributed by atoms with Crippen molar-refractivity contribution in [3.8, 4) is 0 Å². The van der Waals surface area contributed by atoms with Gasteiger partial charge >= 0.3 is 6.09 Å². The molecule has 4 rings (SSSR count). The molecule has 0 spiro atoms. The Morgan fingerprint density at radius 2 is 2.21 bits per heavy atom. The standard InChI is InChI=1S/C19H24BrN3O4S/c1-19(2,3)27-18(24)22-15-9-28(25)10-26-23-7-6-13-12-5-4-11(20)8-14(12)21-16(13)17(15)23/h4-5,8,15,17,21H,6-7,9-10H2,1-3H3,(H,22,24)/t15-,17+,28?/m1/s1. The van der Waals surface area contributed by atoms with Crippen LogP contribution in [0.15, 0.2) is 22.7 Å². The smallest absolute Gasteiger partial charge is 0.407 e. The molecule has 1 fully saturated rings. The van der Waals surface area contributed by atoms with Gasteiger partial charge < -0.3 is 15.0 Å². The number of rotatable bonds is 1. The maximum atomic E-state index is 12.4. The molecule has 9 heteroatoms. The van der Waals surface area contributed by atoms with Crippen LogP contribution < -0.4 is 5.32 Å². The monoisotopic (exact) mass is 469 g/mol. The van der Waals surface area contributed by atoms with E-state index in [2.05, 4.69) is 32.3 Å². The third kappa shape index (κ3) is 3.98. The number of nitrogens with one attached hydrogen (secondary N) is 2. The van der Waals surface area contributed by atoms with Gasteiger partial charge in [0.25, 0.3) is 0 Å². The summed E-state index contributed by atoms with van der Waals surface area (Å²) in [7, 11) is -1.20. The van der Waals surface area contributed by atoms with E-state index in [1.807, 2.05) is 38.0 Å². The first-order valence-corrected chi connectivity index (χ1v) is 11.5. The molecule has 2 aliphatic rings. The number of H-pyrrole nitrogens is 1. The predicted molar refractivity (Wildman–Crippen MR) is 111 cm³/mol. The zero-order chi connectivity index (χ0) is 20.1. The number of halogens is 1. The van der Waals surface area contributed by atoms with Crippen molar-refractivity contribution in [2.75, 3.05) is 18.2 Å². The summed E-state index contributed by atoms with van der Waals surface area (Å²) in [6, 6.07) is 5.51. The number of ether oxygens (including phenoxy) is 1. The molecule has 152 valence electrons. The SMILES string of the molecule is CC(C)(C)OC(=O)N[C@@H]1CS(=O)CON2CCc3c([nH]c4cc(Br)ccc34)[C@H]12. The summed E-state index contributed by atoms with van der Waals surface area (Å²) in [5, 5.41) is 5.95. The molecule has 0 radical (unpaired) electrons. The summed E-state index contributed by atoms with van der Waals surface area (Å²) in [6.07, 6.45) is 0.307. The number of carbonyl (C=O) groups is 1. The maximum Gasteiger partial charge on any atom is 0.407 e. The Bertz CT molecular complexity index is 939. The second-order valence-electron chi connectivity index (χ2n) is 8.15. The number of nitrogens with zero attached hydrogens (tertiary/aromatic N) is 1. The van der Waals surface area contributed by atoms with E-state index in [-0.39, 0.29) is 12.0 Å². The van der Waals surface area contributed by atoms with Crippen LogP contribution in [0.25, 0.3) is 10.9 Å². The van der Waals surface area contributed by atoms with Crippen molar-refractivity contribution >= 4 is 43.7 Å². The van der Waals surface area contributed by atoms with Crippen molar-refractivity contribution in [1.82, 2.24) is 15.4 Å². The summed E-state index contributed by atoms with van der Waals surface area (Å²) in [5.74, 6) is 0.434. The molecule has 1 amide bonds. The fourth-order valence-corrected chi connectivity index (χ4v) is 5.24. The molecule has 7 nitrogen and oxygen atoms in total. The van der Waals surface area contributed by atoms with Gasteiger partial charge in [0.15, 0.2) is 0 Å². The Balaban J connectivity index is 1.72. The van der Waals surface area contributed by atoms with Crippen molar-refractivity contribution in [3.63, 3.8) is 0 Å². The van der Waals surface area contributed by atoms with E-state index >= 15 is 0 Å². The Morgan fingerprint density at radius 1 is 1.43 bits per heavy atom. The normalized spacial score (nSPS) is 25.6. The molecular weight excluding hydrogens is 446 g/mol. The lowest BCUT2D eigenvalue weighted by Crippen LogP contribution is -2.50. The zero-order valence-electron chi connectivity index (χ0n) is 16.1. The van der Waals surface area contributed by atoms with E-state index in [1.165, 1.54) is 10.9 Å². The number of hydrogen-bond donors (Lipinski definition) is 2. The lowest BCUT2D eigenvalue weighted by molar-refractivity contribution is -0.178. The Kier molecular flexibility index (Phi) is 5.28. The Morgan fingerprint density at radius 3 is 2.96 bits per heavy atom. The first kappa shape index (κ1) is 19.9. The number of carbonyl (C=O) groups excluding carboxylic acids is 1. The van der Waals surface area contributed by atoms with Crippen molar-refractivity contribution in [1.29, 1.82) is 0 Å². The van der Waals surface area contributed by atoms with Gasteiger partial charge in [-0.25, -0.2) is 4.79 Å². The molecule has 1 saturated heterocycles. The molecule has 0 saturated carbocycles. The zero-order valence-corrected chi connectivity index (χ0v) is 18.5. The minimum atomic E-state index is -1.20. The number of hydrogen-bond acceptors (Lipinski definition) is 5. The van der Waals surface area contributed by atoms with Crippen molar-refractivity contribution in [2.45, 2.75) is 44.9 Å². The molecular formula is C19H24BrN3O4S. The van der Waals surface area contributed by atoms with Gasteiger partial charge in [0, 0.05) is 33.4 Å². The van der Waals surface area contributed by atoms with Crippen LogP contribution in [-0.2, 0) is 26.8 Å². The number of alkyl carbamates (subject to hydrolysis) is 1. The highest BCUT2D eigenvalue weighted by Gasteiger charge is 2.41. The van der Waals surface area contributed by atoms with Crippen LogP contribution in [-0.4, -0.2) is 50.2 Å². The topological polar surface area (TPSA) is 83.7 Å². The predicted octanol–water partition coefficient (Wildman–Crippen LogP) is 3.37. The number of amides is 1. The first-order chi connectivity index (χ1) is 13.2. The van der Waals surface area contributed by atoms with Crippen LogP contribution in [0.4, 0.5) is 4.79 Å². The van der Waals surface area contributed by atoms with Crippen LogP contribution in [0, 0.1) is 0 Å². The van der Waals surface area contributed by atoms with Crippen LogP contribution in [0.2, 0.25) is 0 Å². The average Bonchev–Trinajstić information content (AvgIpc) is 2.86. The van der Waals surface area contributed by atoms with E-state index < -0.39 is 28.5 Å². The summed E-state index contributed by atoms with van der Waals surface area (Å²) in [6.45, 7) is 6.13. The molecule has 28 heavy (non-hydrogen) atoms. The van der Waals surface area contributed by atoms with Gasteiger partial charge in [0.05, 0.1) is 22.9 Å². The van der Waals surface area contributed by atoms with Gasteiger partial charge in [-0.05, 0) is 44.9 Å². The summed E-state index contributed by atoms with van der Waals surface area (Å²) in [4.78, 5) is 21.8. The highest BCUT2D eigenvalue weighted by Crippen LogP contribution is 2.38. The Hall–Kier alpha value is -1.42. The van der Waals surface area contributed by atoms with E-state index in [4.69, 9.17) is 9.57 Å². The van der Waals surface area contributed by atoms with Gasteiger partial charge in [-0.15, -0.1) is 0 Å². The van der Waals surface area contributed by atoms with Crippen molar-refractivity contribution < 1.29 is 18.6 Å². The van der Waals surface area contributed by atoms with Gasteiger partial charge in [0.1, 0.15) is 11.5 Å². The molecule has 0 aliphatic carbocycles. The third-order valence-electron chi connectivity index (χ3n) is 4.89. The summed E-state index contributed by atoms with van der Waals surface area (Å²) in [5.41, 5.74) is 2.65. The van der Waals surface area contributed by atoms with E-state index in [9.17, 15) is 9.00 Å². The fraction of sp³-hybridized carbons (Fsp3) is 0.526. The molecule has 2 N–H and O–H groups in total. The van der Waals surface area contributed by atoms with Crippen LogP contribution >= 0.6 is 15.9 Å². The van der Waals surface area contributed by atoms with Crippen LogP contribution in [0.1, 0.15) is 38.1 Å². The number of fused-ring (bicyclic) bond motifs is 5. The van der Waals surface area contributed by atoms with Gasteiger partial charge in [-0.1, -0.05) is 22.0 Å². The van der Waals surface area contributed by atoms with Gasteiger partial charge in [-0.2, -0.15) is 5.06 Å². The minimum absolute atomic E-state index is 0.129. The number of benzene rings is 1. The molecule has 1 aromatic carbocycles. The maximum absolute atomic E-state index is 12.4. The number of aromatic amines is 1. The lowest BCUT2D eigenvalue weighted by atomic mass is 9.95.